The minimum Gasteiger partial charge on any atom is -0.329 e. The third-order valence-electron chi connectivity index (χ3n) is 3.30. The molecule has 0 aromatic carbocycles. The van der Waals surface area contributed by atoms with Crippen molar-refractivity contribution in [1.82, 2.24) is 14.7 Å². The highest BCUT2D eigenvalue weighted by atomic mass is 15.3. The first-order chi connectivity index (χ1) is 8.01. The summed E-state index contributed by atoms with van der Waals surface area (Å²) in [6.07, 6.45) is 1.95. The molecule has 0 saturated heterocycles. The van der Waals surface area contributed by atoms with Crippen molar-refractivity contribution in [1.29, 1.82) is 0 Å². The van der Waals surface area contributed by atoms with Crippen molar-refractivity contribution in [3.8, 4) is 0 Å². The van der Waals surface area contributed by atoms with E-state index in [1.54, 1.807) is 0 Å². The third kappa shape index (κ3) is 3.30. The molecule has 0 spiro atoms. The Kier molecular flexibility index (Phi) is 5.15. The lowest BCUT2D eigenvalue weighted by Crippen LogP contribution is -2.36. The average molecular weight is 238 g/mol. The number of aryl methyl sites for hydroxylation is 1. The Morgan fingerprint density at radius 2 is 2.12 bits per heavy atom. The number of hydrogen-bond acceptors (Lipinski definition) is 3. The van der Waals surface area contributed by atoms with Crippen LogP contribution >= 0.6 is 0 Å². The zero-order valence-electron chi connectivity index (χ0n) is 11.8. The minimum atomic E-state index is 0.288. The van der Waals surface area contributed by atoms with Gasteiger partial charge < -0.3 is 5.73 Å². The van der Waals surface area contributed by atoms with Gasteiger partial charge in [0, 0.05) is 31.4 Å². The van der Waals surface area contributed by atoms with E-state index in [0.29, 0.717) is 12.5 Å². The van der Waals surface area contributed by atoms with Crippen molar-refractivity contribution in [2.45, 2.75) is 33.7 Å². The molecule has 0 saturated carbocycles. The van der Waals surface area contributed by atoms with Gasteiger partial charge in [-0.25, -0.2) is 0 Å². The van der Waals surface area contributed by atoms with Gasteiger partial charge in [0.1, 0.15) is 0 Å². The first-order valence-electron chi connectivity index (χ1n) is 6.43. The lowest BCUT2D eigenvalue weighted by molar-refractivity contribution is 0.188. The normalized spacial score (nSPS) is 13.6. The van der Waals surface area contributed by atoms with Crippen molar-refractivity contribution in [2.24, 2.45) is 18.7 Å². The van der Waals surface area contributed by atoms with Crippen LogP contribution < -0.4 is 5.73 Å². The molecule has 17 heavy (non-hydrogen) atoms. The molecular weight excluding hydrogens is 212 g/mol. The van der Waals surface area contributed by atoms with Gasteiger partial charge in [0.05, 0.1) is 12.2 Å². The minimum absolute atomic E-state index is 0.288. The predicted octanol–water partition coefficient (Wildman–Crippen LogP) is 1.71. The summed E-state index contributed by atoms with van der Waals surface area (Å²) in [5, 5.41) is 4.32. The van der Waals surface area contributed by atoms with Crippen LogP contribution in [0.4, 0.5) is 0 Å². The molecular formula is C13H26N4. The summed E-state index contributed by atoms with van der Waals surface area (Å²) in [5.41, 5.74) is 8.43. The second-order valence-corrected chi connectivity index (χ2v) is 5.04. The topological polar surface area (TPSA) is 47.1 Å². The van der Waals surface area contributed by atoms with Crippen LogP contribution in [0, 0.1) is 12.8 Å². The van der Waals surface area contributed by atoms with Crippen molar-refractivity contribution < 1.29 is 0 Å². The lowest BCUT2D eigenvalue weighted by atomic mass is 10.0. The summed E-state index contributed by atoms with van der Waals surface area (Å²) >= 11 is 0. The van der Waals surface area contributed by atoms with E-state index < -0.39 is 0 Å². The molecule has 0 bridgehead atoms. The molecule has 0 radical (unpaired) electrons. The Balaban J connectivity index is 2.92. The number of aromatic nitrogens is 2. The predicted molar refractivity (Wildman–Crippen MR) is 71.8 cm³/mol. The van der Waals surface area contributed by atoms with Gasteiger partial charge in [-0.15, -0.1) is 0 Å². The first-order valence-corrected chi connectivity index (χ1v) is 6.43. The quantitative estimate of drug-likeness (QED) is 0.820. The second kappa shape index (κ2) is 6.17. The fourth-order valence-corrected chi connectivity index (χ4v) is 2.26. The lowest BCUT2D eigenvalue weighted by Gasteiger charge is -2.31. The van der Waals surface area contributed by atoms with Gasteiger partial charge in [0.2, 0.25) is 0 Å². The number of nitrogens with two attached hydrogens (primary N) is 1. The summed E-state index contributed by atoms with van der Waals surface area (Å²) in [4.78, 5) is 2.44. The van der Waals surface area contributed by atoms with E-state index >= 15 is 0 Å². The zero-order chi connectivity index (χ0) is 13.0. The van der Waals surface area contributed by atoms with Crippen LogP contribution in [-0.2, 0) is 7.05 Å². The Hall–Kier alpha value is -0.870. The summed E-state index contributed by atoms with van der Waals surface area (Å²) < 4.78 is 1.92. The maximum absolute atomic E-state index is 5.96. The van der Waals surface area contributed by atoms with Crippen LogP contribution in [0.25, 0.3) is 0 Å². The van der Waals surface area contributed by atoms with Crippen molar-refractivity contribution in [3.63, 3.8) is 0 Å². The molecule has 4 heteroatoms. The van der Waals surface area contributed by atoms with Crippen molar-refractivity contribution in [2.75, 3.05) is 19.6 Å². The van der Waals surface area contributed by atoms with Crippen LogP contribution in [0.3, 0.4) is 0 Å². The van der Waals surface area contributed by atoms with E-state index in [-0.39, 0.29) is 6.04 Å². The van der Waals surface area contributed by atoms with Crippen LogP contribution in [0.2, 0.25) is 0 Å². The number of likely N-dealkylation sites (N-methyl/N-ethyl adjacent to an activating group) is 1. The highest BCUT2D eigenvalue weighted by Crippen LogP contribution is 2.23. The molecule has 0 fully saturated rings. The summed E-state index contributed by atoms with van der Waals surface area (Å²) in [5.74, 6) is 0.654. The molecule has 1 aromatic heterocycles. The fraction of sp³-hybridized carbons (Fsp3) is 0.769. The molecule has 4 nitrogen and oxygen atoms in total. The molecule has 0 amide bonds. The molecule has 1 unspecified atom stereocenters. The van der Waals surface area contributed by atoms with E-state index in [9.17, 15) is 0 Å². The van der Waals surface area contributed by atoms with Gasteiger partial charge >= 0.3 is 0 Å². The smallest absolute Gasteiger partial charge is 0.0540 e. The van der Waals surface area contributed by atoms with Gasteiger partial charge in [0.25, 0.3) is 0 Å². The van der Waals surface area contributed by atoms with E-state index in [4.69, 9.17) is 5.73 Å². The Labute approximate surface area is 105 Å². The molecule has 0 aliphatic heterocycles. The largest absolute Gasteiger partial charge is 0.329 e. The highest BCUT2D eigenvalue weighted by molar-refractivity contribution is 5.21. The maximum atomic E-state index is 5.96. The monoisotopic (exact) mass is 238 g/mol. The summed E-state index contributed by atoms with van der Waals surface area (Å²) in [6, 6.07) is 0.288. The van der Waals surface area contributed by atoms with Crippen LogP contribution in [0.15, 0.2) is 6.20 Å². The van der Waals surface area contributed by atoms with E-state index in [1.807, 2.05) is 17.9 Å². The zero-order valence-corrected chi connectivity index (χ0v) is 11.8. The van der Waals surface area contributed by atoms with Crippen molar-refractivity contribution >= 4 is 0 Å². The molecule has 1 heterocycles. The van der Waals surface area contributed by atoms with Crippen LogP contribution in [-0.4, -0.2) is 34.3 Å². The number of hydrogen-bond donors (Lipinski definition) is 1. The number of nitrogens with zero attached hydrogens (tertiary/aromatic N) is 3. The molecule has 98 valence electrons. The van der Waals surface area contributed by atoms with Crippen LogP contribution in [0.1, 0.15) is 38.1 Å². The average Bonchev–Trinajstić information content (AvgIpc) is 2.60. The number of rotatable bonds is 6. The molecule has 2 N–H and O–H groups in total. The molecule has 0 aliphatic rings. The van der Waals surface area contributed by atoms with Gasteiger partial charge in [0.15, 0.2) is 0 Å². The Morgan fingerprint density at radius 3 is 2.47 bits per heavy atom. The van der Waals surface area contributed by atoms with Crippen LogP contribution in [0.5, 0.6) is 0 Å². The van der Waals surface area contributed by atoms with E-state index in [1.165, 1.54) is 11.3 Å². The molecule has 1 aromatic rings. The standard InChI is InChI=1S/C13H26N4/c1-6-17(9-10(2)3)13(7-14)12-8-15-16(5)11(12)4/h8,10,13H,6-7,9,14H2,1-5H3. The summed E-state index contributed by atoms with van der Waals surface area (Å²) in [6.45, 7) is 11.5. The molecule has 1 rings (SSSR count). The SMILES string of the molecule is CCN(CC(C)C)C(CN)c1cnn(C)c1C. The first kappa shape index (κ1) is 14.2. The van der Waals surface area contributed by atoms with E-state index in [0.717, 1.165) is 13.1 Å². The fourth-order valence-electron chi connectivity index (χ4n) is 2.26. The molecule has 0 aliphatic carbocycles. The highest BCUT2D eigenvalue weighted by Gasteiger charge is 2.21. The van der Waals surface area contributed by atoms with E-state index in [2.05, 4.69) is 37.7 Å². The maximum Gasteiger partial charge on any atom is 0.0540 e. The second-order valence-electron chi connectivity index (χ2n) is 5.04. The van der Waals surface area contributed by atoms with Gasteiger partial charge in [-0.2, -0.15) is 5.10 Å². The Morgan fingerprint density at radius 1 is 1.47 bits per heavy atom. The van der Waals surface area contributed by atoms with Gasteiger partial charge in [-0.3, -0.25) is 9.58 Å². The Bertz CT molecular complexity index is 343. The van der Waals surface area contributed by atoms with Gasteiger partial charge in [-0.1, -0.05) is 20.8 Å². The van der Waals surface area contributed by atoms with Crippen molar-refractivity contribution in [3.05, 3.63) is 17.5 Å². The summed E-state index contributed by atoms with van der Waals surface area (Å²) in [7, 11) is 1.98. The third-order valence-corrected chi connectivity index (χ3v) is 3.30. The molecule has 1 atom stereocenters. The van der Waals surface area contributed by atoms with Gasteiger partial charge in [-0.05, 0) is 19.4 Å².